The van der Waals surface area contributed by atoms with Gasteiger partial charge in [0.15, 0.2) is 0 Å². The fourth-order valence-corrected chi connectivity index (χ4v) is 4.58. The Labute approximate surface area is 161 Å². The van der Waals surface area contributed by atoms with Crippen molar-refractivity contribution >= 4 is 16.8 Å². The fourth-order valence-electron chi connectivity index (χ4n) is 4.58. The van der Waals surface area contributed by atoms with Crippen molar-refractivity contribution in [2.75, 3.05) is 7.11 Å². The molecule has 4 rings (SSSR count). The molecule has 27 heavy (non-hydrogen) atoms. The lowest BCUT2D eigenvalue weighted by molar-refractivity contribution is -0.160. The molecule has 2 aliphatic rings. The van der Waals surface area contributed by atoms with Crippen LogP contribution in [-0.2, 0) is 10.5 Å². The van der Waals surface area contributed by atoms with E-state index >= 15 is 0 Å². The molecule has 2 aromatic rings. The second kappa shape index (κ2) is 7.40. The summed E-state index contributed by atoms with van der Waals surface area (Å²) < 4.78 is 2.12. The van der Waals surface area contributed by atoms with Crippen molar-refractivity contribution in [1.29, 1.82) is 0 Å². The Morgan fingerprint density at radius 1 is 1.22 bits per heavy atom. The molecular weight excluding hydrogens is 336 g/mol. The summed E-state index contributed by atoms with van der Waals surface area (Å²) in [5.74, 6) is 7.44. The van der Waals surface area contributed by atoms with Gasteiger partial charge in [-0.3, -0.25) is 14.2 Å². The van der Waals surface area contributed by atoms with Crippen LogP contribution < -0.4 is 0 Å². The molecule has 1 atom stereocenters. The number of hydroxylamine groups is 2. The van der Waals surface area contributed by atoms with E-state index in [-0.39, 0.29) is 5.91 Å². The van der Waals surface area contributed by atoms with Gasteiger partial charge in [-0.1, -0.05) is 56.7 Å². The first-order chi connectivity index (χ1) is 13.2. The summed E-state index contributed by atoms with van der Waals surface area (Å²) >= 11 is 0. The molecule has 1 fully saturated rings. The molecule has 1 unspecified atom stereocenters. The van der Waals surface area contributed by atoms with E-state index in [0.717, 1.165) is 43.0 Å². The van der Waals surface area contributed by atoms with Crippen molar-refractivity contribution in [3.63, 3.8) is 0 Å². The van der Waals surface area contributed by atoms with Gasteiger partial charge in [0.1, 0.15) is 5.69 Å². The molecule has 4 nitrogen and oxygen atoms in total. The highest BCUT2D eigenvalue weighted by Crippen LogP contribution is 2.41. The standard InChI is InChI=1S/C23H28N2O2/c1-3-4-15-23(16-14-18-10-6-5-7-11-18)24-20-13-9-8-12-19(20)17-21(24)22(26)25(23)27-2/h8-9,12-13,17-18H,3-7,10-11,15H2,1-2H3. The molecule has 1 saturated carbocycles. The highest BCUT2D eigenvalue weighted by Gasteiger charge is 2.50. The summed E-state index contributed by atoms with van der Waals surface area (Å²) in [6.45, 7) is 2.17. The lowest BCUT2D eigenvalue weighted by Gasteiger charge is -2.34. The van der Waals surface area contributed by atoms with E-state index in [0.29, 0.717) is 11.6 Å². The predicted octanol–water partition coefficient (Wildman–Crippen LogP) is 5.09. The summed E-state index contributed by atoms with van der Waals surface area (Å²) in [6.07, 6.45) is 8.96. The molecule has 2 heterocycles. The SMILES string of the molecule is CCCCC1(C#CC2CCCCC2)N(OC)C(=O)c2cc3ccccc3n21. The molecule has 1 amide bonds. The second-order valence-electron chi connectivity index (χ2n) is 7.73. The minimum absolute atomic E-state index is 0.0947. The fraction of sp³-hybridized carbons (Fsp3) is 0.522. The maximum Gasteiger partial charge on any atom is 0.297 e. The van der Waals surface area contributed by atoms with Crippen molar-refractivity contribution in [3.05, 3.63) is 36.0 Å². The van der Waals surface area contributed by atoms with Gasteiger partial charge < -0.3 is 0 Å². The Morgan fingerprint density at radius 3 is 2.74 bits per heavy atom. The van der Waals surface area contributed by atoms with E-state index in [4.69, 9.17) is 4.84 Å². The summed E-state index contributed by atoms with van der Waals surface area (Å²) in [5.41, 5.74) is 0.971. The lowest BCUT2D eigenvalue weighted by Crippen LogP contribution is -2.45. The maximum absolute atomic E-state index is 13.1. The largest absolute Gasteiger partial charge is 0.300 e. The minimum Gasteiger partial charge on any atom is -0.300 e. The second-order valence-corrected chi connectivity index (χ2v) is 7.73. The van der Waals surface area contributed by atoms with Crippen molar-refractivity contribution in [3.8, 4) is 11.8 Å². The number of rotatable bonds is 4. The summed E-state index contributed by atoms with van der Waals surface area (Å²) in [6, 6.07) is 10.1. The number of para-hydroxylation sites is 1. The number of amides is 1. The third kappa shape index (κ3) is 2.95. The monoisotopic (exact) mass is 364 g/mol. The highest BCUT2D eigenvalue weighted by atomic mass is 16.7. The first-order valence-electron chi connectivity index (χ1n) is 10.2. The zero-order chi connectivity index (χ0) is 18.9. The Hall–Kier alpha value is -2.25. The van der Waals surface area contributed by atoms with Crippen LogP contribution in [0, 0.1) is 17.8 Å². The van der Waals surface area contributed by atoms with Gasteiger partial charge in [-0.05, 0) is 37.3 Å². The topological polar surface area (TPSA) is 34.5 Å². The van der Waals surface area contributed by atoms with Crippen molar-refractivity contribution < 1.29 is 9.63 Å². The minimum atomic E-state index is -0.752. The van der Waals surface area contributed by atoms with Crippen LogP contribution in [0.4, 0.5) is 0 Å². The van der Waals surface area contributed by atoms with Gasteiger partial charge in [0.25, 0.3) is 5.91 Å². The van der Waals surface area contributed by atoms with E-state index in [9.17, 15) is 4.79 Å². The predicted molar refractivity (Wildman–Crippen MR) is 107 cm³/mol. The Bertz CT molecular complexity index is 898. The number of benzene rings is 1. The number of aromatic nitrogens is 1. The maximum atomic E-state index is 13.1. The van der Waals surface area contributed by atoms with Gasteiger partial charge in [-0.2, -0.15) is 5.06 Å². The smallest absolute Gasteiger partial charge is 0.297 e. The molecular formula is C23H28N2O2. The van der Waals surface area contributed by atoms with E-state index in [2.05, 4.69) is 35.5 Å². The Morgan fingerprint density at radius 2 is 2.00 bits per heavy atom. The number of carbonyl (C=O) groups is 1. The number of hydrogen-bond acceptors (Lipinski definition) is 2. The number of carbonyl (C=O) groups excluding carboxylic acids is 1. The number of fused-ring (bicyclic) bond motifs is 3. The summed E-state index contributed by atoms with van der Waals surface area (Å²) in [7, 11) is 1.58. The molecule has 0 saturated heterocycles. The van der Waals surface area contributed by atoms with Gasteiger partial charge in [0.05, 0.1) is 12.6 Å². The van der Waals surface area contributed by atoms with Gasteiger partial charge >= 0.3 is 0 Å². The molecule has 1 aromatic heterocycles. The van der Waals surface area contributed by atoms with Crippen LogP contribution in [0.25, 0.3) is 10.9 Å². The number of unbranched alkanes of at least 4 members (excludes halogenated alkanes) is 1. The number of hydrogen-bond donors (Lipinski definition) is 0. The van der Waals surface area contributed by atoms with Gasteiger partial charge in [-0.25, -0.2) is 0 Å². The zero-order valence-electron chi connectivity index (χ0n) is 16.3. The average Bonchev–Trinajstić information content (AvgIpc) is 3.20. The van der Waals surface area contributed by atoms with Crippen molar-refractivity contribution in [1.82, 2.24) is 9.63 Å². The van der Waals surface area contributed by atoms with Crippen LogP contribution in [0.5, 0.6) is 0 Å². The first-order valence-corrected chi connectivity index (χ1v) is 10.2. The van der Waals surface area contributed by atoms with Crippen molar-refractivity contribution in [2.24, 2.45) is 5.92 Å². The van der Waals surface area contributed by atoms with Gasteiger partial charge in [-0.15, -0.1) is 0 Å². The van der Waals surface area contributed by atoms with E-state index in [1.807, 2.05) is 18.2 Å². The molecule has 1 aromatic carbocycles. The zero-order valence-corrected chi connectivity index (χ0v) is 16.3. The van der Waals surface area contributed by atoms with Crippen LogP contribution in [0.15, 0.2) is 30.3 Å². The van der Waals surface area contributed by atoms with E-state index < -0.39 is 5.66 Å². The van der Waals surface area contributed by atoms with Gasteiger partial charge in [0, 0.05) is 17.7 Å². The Kier molecular flexibility index (Phi) is 4.97. The first kappa shape index (κ1) is 18.1. The van der Waals surface area contributed by atoms with Crippen LogP contribution in [-0.4, -0.2) is 22.6 Å². The van der Waals surface area contributed by atoms with E-state index in [1.54, 1.807) is 7.11 Å². The normalized spacial score (nSPS) is 22.7. The molecule has 0 N–H and O–H groups in total. The quantitative estimate of drug-likeness (QED) is 0.709. The summed E-state index contributed by atoms with van der Waals surface area (Å²) in [5, 5.41) is 2.59. The molecule has 1 aliphatic heterocycles. The third-order valence-electron chi connectivity index (χ3n) is 5.96. The van der Waals surface area contributed by atoms with Crippen LogP contribution in [0.1, 0.15) is 68.8 Å². The van der Waals surface area contributed by atoms with E-state index in [1.165, 1.54) is 24.3 Å². The summed E-state index contributed by atoms with van der Waals surface area (Å²) in [4.78, 5) is 18.8. The third-order valence-corrected chi connectivity index (χ3v) is 5.96. The Balaban J connectivity index is 1.88. The molecule has 0 bridgehead atoms. The lowest BCUT2D eigenvalue weighted by atomic mass is 9.89. The van der Waals surface area contributed by atoms with Crippen LogP contribution in [0.3, 0.4) is 0 Å². The highest BCUT2D eigenvalue weighted by molar-refractivity contribution is 6.01. The molecule has 0 radical (unpaired) electrons. The molecule has 142 valence electrons. The van der Waals surface area contributed by atoms with Crippen LogP contribution in [0.2, 0.25) is 0 Å². The number of nitrogens with zero attached hydrogens (tertiary/aromatic N) is 2. The van der Waals surface area contributed by atoms with Crippen LogP contribution >= 0.6 is 0 Å². The average molecular weight is 364 g/mol. The molecule has 4 heteroatoms. The molecule has 1 aliphatic carbocycles. The molecule has 0 spiro atoms. The van der Waals surface area contributed by atoms with Gasteiger partial charge in [0.2, 0.25) is 5.66 Å². The van der Waals surface area contributed by atoms with Crippen molar-refractivity contribution in [2.45, 2.75) is 64.0 Å².